The molecule has 1 fully saturated rings. The van der Waals surface area contributed by atoms with Crippen LogP contribution in [0.5, 0.6) is 0 Å². The number of benzene rings is 1. The summed E-state index contributed by atoms with van der Waals surface area (Å²) in [5.41, 5.74) is 0. The molecule has 7 nitrogen and oxygen atoms in total. The van der Waals surface area contributed by atoms with Gasteiger partial charge in [-0.15, -0.1) is 0 Å². The molecule has 0 atom stereocenters. The van der Waals surface area contributed by atoms with Crippen LogP contribution in [0.4, 0.5) is 22.0 Å². The topological polar surface area (TPSA) is 84.0 Å². The van der Waals surface area contributed by atoms with Crippen LogP contribution in [-0.2, 0) is 24.3 Å². The lowest BCUT2D eigenvalue weighted by molar-refractivity contribution is -0.169. The Labute approximate surface area is 175 Å². The van der Waals surface area contributed by atoms with Crippen molar-refractivity contribution in [2.45, 2.75) is 30.8 Å². The predicted octanol–water partition coefficient (Wildman–Crippen LogP) is 2.32. The second-order valence-corrected chi connectivity index (χ2v) is 8.81. The fourth-order valence-electron chi connectivity index (χ4n) is 3.18. The van der Waals surface area contributed by atoms with Crippen molar-refractivity contribution in [1.82, 2.24) is 9.21 Å². The third-order valence-corrected chi connectivity index (χ3v) is 6.53. The molecule has 1 saturated heterocycles. The minimum atomic E-state index is -4.74. The average Bonchev–Trinajstić information content (AvgIpc) is 2.68. The number of amides is 1. The van der Waals surface area contributed by atoms with E-state index in [1.807, 2.05) is 0 Å². The summed E-state index contributed by atoms with van der Waals surface area (Å²) in [5, 5.41) is 0. The van der Waals surface area contributed by atoms with Gasteiger partial charge in [-0.2, -0.15) is 17.5 Å². The smallest absolute Gasteiger partial charge is 0.406 e. The highest BCUT2D eigenvalue weighted by Gasteiger charge is 2.39. The number of nitrogens with zero attached hydrogens (tertiary/aromatic N) is 2. The Morgan fingerprint density at radius 1 is 1.16 bits per heavy atom. The number of piperidine rings is 1. The average molecular weight is 472 g/mol. The predicted molar refractivity (Wildman–Crippen MR) is 97.1 cm³/mol. The summed E-state index contributed by atoms with van der Waals surface area (Å²) >= 11 is 0. The molecule has 31 heavy (non-hydrogen) atoms. The van der Waals surface area contributed by atoms with Gasteiger partial charge < -0.3 is 9.64 Å². The molecule has 0 unspecified atom stereocenters. The molecule has 0 radical (unpaired) electrons. The highest BCUT2D eigenvalue weighted by Crippen LogP contribution is 2.27. The second-order valence-electron chi connectivity index (χ2n) is 6.87. The van der Waals surface area contributed by atoms with Crippen LogP contribution in [0.2, 0.25) is 0 Å². The molecule has 1 amide bonds. The van der Waals surface area contributed by atoms with E-state index in [2.05, 4.69) is 4.74 Å². The lowest BCUT2D eigenvalue weighted by Gasteiger charge is -2.33. The van der Waals surface area contributed by atoms with Gasteiger partial charge in [0.1, 0.15) is 13.1 Å². The lowest BCUT2D eigenvalue weighted by atomic mass is 9.96. The number of esters is 1. The zero-order valence-electron chi connectivity index (χ0n) is 16.5. The van der Waals surface area contributed by atoms with Gasteiger partial charge in [-0.3, -0.25) is 9.59 Å². The zero-order chi connectivity index (χ0) is 23.4. The van der Waals surface area contributed by atoms with E-state index >= 15 is 0 Å². The zero-order valence-corrected chi connectivity index (χ0v) is 17.3. The van der Waals surface area contributed by atoms with Crippen LogP contribution in [-0.4, -0.2) is 68.5 Å². The standard InChI is InChI=1S/C18H21F5N2O5S/c1-2-30-16(26)10-24(11-18(21,22)23)17(27)12-5-7-25(8-6-12)31(28,29)13-3-4-14(19)15(20)9-13/h3-4,9,12H,2,5-8,10-11H2,1H3. The van der Waals surface area contributed by atoms with Crippen molar-refractivity contribution >= 4 is 21.9 Å². The van der Waals surface area contributed by atoms with Gasteiger partial charge in [-0.05, 0) is 38.0 Å². The molecule has 174 valence electrons. The number of carbonyl (C=O) groups excluding carboxylic acids is 2. The SMILES string of the molecule is CCOC(=O)CN(CC(F)(F)F)C(=O)C1CCN(S(=O)(=O)c2ccc(F)c(F)c2)CC1. The van der Waals surface area contributed by atoms with Crippen molar-refractivity contribution in [3.05, 3.63) is 29.8 Å². The van der Waals surface area contributed by atoms with E-state index < -0.39 is 63.6 Å². The van der Waals surface area contributed by atoms with Crippen LogP contribution >= 0.6 is 0 Å². The maximum Gasteiger partial charge on any atom is 0.406 e. The fraction of sp³-hybridized carbons (Fsp3) is 0.556. The summed E-state index contributed by atoms with van der Waals surface area (Å²) in [6, 6.07) is 2.10. The Balaban J connectivity index is 2.08. The van der Waals surface area contributed by atoms with Crippen molar-refractivity contribution in [1.29, 1.82) is 0 Å². The molecule has 0 bridgehead atoms. The lowest BCUT2D eigenvalue weighted by Crippen LogP contribution is -2.48. The minimum Gasteiger partial charge on any atom is -0.465 e. The van der Waals surface area contributed by atoms with Crippen LogP contribution in [0.1, 0.15) is 19.8 Å². The molecule has 1 aromatic carbocycles. The van der Waals surface area contributed by atoms with Crippen LogP contribution < -0.4 is 0 Å². The summed E-state index contributed by atoms with van der Waals surface area (Å²) in [4.78, 5) is 24.0. The maximum atomic E-state index is 13.4. The molecule has 0 aliphatic carbocycles. The first-order valence-corrected chi connectivity index (χ1v) is 10.8. The number of alkyl halides is 3. The largest absolute Gasteiger partial charge is 0.465 e. The molecule has 0 aromatic heterocycles. The van der Waals surface area contributed by atoms with Gasteiger partial charge in [0.15, 0.2) is 11.6 Å². The van der Waals surface area contributed by atoms with E-state index in [4.69, 9.17) is 0 Å². The highest BCUT2D eigenvalue weighted by atomic mass is 32.2. The summed E-state index contributed by atoms with van der Waals surface area (Å²) in [5.74, 6) is -5.41. The Kier molecular flexibility index (Phi) is 7.98. The second kappa shape index (κ2) is 9.90. The van der Waals surface area contributed by atoms with E-state index in [0.717, 1.165) is 10.4 Å². The Morgan fingerprint density at radius 3 is 2.29 bits per heavy atom. The molecule has 2 rings (SSSR count). The minimum absolute atomic E-state index is 0.0624. The van der Waals surface area contributed by atoms with Crippen molar-refractivity contribution in [2.75, 3.05) is 32.8 Å². The van der Waals surface area contributed by atoms with Crippen LogP contribution in [0.15, 0.2) is 23.1 Å². The third kappa shape index (κ3) is 6.60. The summed E-state index contributed by atoms with van der Waals surface area (Å²) < 4.78 is 95.7. The van der Waals surface area contributed by atoms with Gasteiger partial charge in [-0.1, -0.05) is 0 Å². The van der Waals surface area contributed by atoms with Gasteiger partial charge in [0.25, 0.3) is 0 Å². The first-order valence-electron chi connectivity index (χ1n) is 9.31. The molecule has 13 heteroatoms. The number of hydrogen-bond acceptors (Lipinski definition) is 5. The Morgan fingerprint density at radius 2 is 1.77 bits per heavy atom. The van der Waals surface area contributed by atoms with E-state index in [9.17, 15) is 40.0 Å². The number of carbonyl (C=O) groups is 2. The van der Waals surface area contributed by atoms with E-state index in [1.165, 1.54) is 6.92 Å². The van der Waals surface area contributed by atoms with Crippen molar-refractivity contribution < 1.29 is 44.7 Å². The summed E-state index contributed by atoms with van der Waals surface area (Å²) in [7, 11) is -4.18. The normalized spacial score (nSPS) is 16.2. The Bertz CT molecular complexity index is 914. The van der Waals surface area contributed by atoms with Crippen LogP contribution in [0.25, 0.3) is 0 Å². The molecule has 0 N–H and O–H groups in total. The van der Waals surface area contributed by atoms with Crippen molar-refractivity contribution in [3.63, 3.8) is 0 Å². The molecule has 0 saturated carbocycles. The number of ether oxygens (including phenoxy) is 1. The number of rotatable bonds is 7. The molecule has 0 spiro atoms. The van der Waals surface area contributed by atoms with E-state index in [0.29, 0.717) is 17.0 Å². The number of hydrogen-bond donors (Lipinski definition) is 0. The maximum absolute atomic E-state index is 13.4. The fourth-order valence-corrected chi connectivity index (χ4v) is 4.66. The molecule has 1 aliphatic rings. The molecule has 1 aliphatic heterocycles. The first-order chi connectivity index (χ1) is 14.3. The monoisotopic (exact) mass is 472 g/mol. The number of sulfonamides is 1. The van der Waals surface area contributed by atoms with Gasteiger partial charge in [0, 0.05) is 19.0 Å². The summed E-state index contributed by atoms with van der Waals surface area (Å²) in [6.07, 6.45) is -4.93. The van der Waals surface area contributed by atoms with Gasteiger partial charge in [-0.25, -0.2) is 17.2 Å². The number of halogens is 5. The third-order valence-electron chi connectivity index (χ3n) is 4.64. The molecule has 1 aromatic rings. The van der Waals surface area contributed by atoms with Gasteiger partial charge in [0.05, 0.1) is 11.5 Å². The van der Waals surface area contributed by atoms with Crippen LogP contribution in [0, 0.1) is 17.6 Å². The highest BCUT2D eigenvalue weighted by molar-refractivity contribution is 7.89. The van der Waals surface area contributed by atoms with Gasteiger partial charge in [0.2, 0.25) is 15.9 Å². The molecular weight excluding hydrogens is 451 g/mol. The van der Waals surface area contributed by atoms with Crippen LogP contribution in [0.3, 0.4) is 0 Å². The van der Waals surface area contributed by atoms with E-state index in [1.54, 1.807) is 0 Å². The van der Waals surface area contributed by atoms with E-state index in [-0.39, 0.29) is 32.5 Å². The van der Waals surface area contributed by atoms with Crippen molar-refractivity contribution in [3.8, 4) is 0 Å². The first kappa shape index (κ1) is 25.0. The summed E-state index contributed by atoms with van der Waals surface area (Å²) in [6.45, 7) is -1.53. The van der Waals surface area contributed by atoms with Crippen molar-refractivity contribution in [2.24, 2.45) is 5.92 Å². The quantitative estimate of drug-likeness (QED) is 0.449. The molecular formula is C18H21F5N2O5S. The molecule has 1 heterocycles. The van der Waals surface area contributed by atoms with Gasteiger partial charge >= 0.3 is 12.1 Å². The Hall–Kier alpha value is -2.28.